The Kier molecular flexibility index (Phi) is 2.06. The summed E-state index contributed by atoms with van der Waals surface area (Å²) in [5.74, 6) is 0.341. The second-order valence-electron chi connectivity index (χ2n) is 4.48. The number of aromatic hydroxyl groups is 1. The maximum Gasteiger partial charge on any atom is 0.117 e. The summed E-state index contributed by atoms with van der Waals surface area (Å²) in [6, 6.07) is 6.81. The fraction of sp³-hybridized carbons (Fsp3) is 0.500. The van der Waals surface area contributed by atoms with E-state index in [0.29, 0.717) is 11.8 Å². The quantitative estimate of drug-likeness (QED) is 0.690. The topological polar surface area (TPSA) is 44.3 Å². The Morgan fingerprint density at radius 1 is 1.27 bits per heavy atom. The third-order valence-electron chi connectivity index (χ3n) is 3.17. The maximum atomic E-state index is 9.41. The zero-order valence-electron chi connectivity index (χ0n) is 8.66. The molecule has 1 aliphatic carbocycles. The summed E-state index contributed by atoms with van der Waals surface area (Å²) in [7, 11) is 0. The lowest BCUT2D eigenvalue weighted by molar-refractivity contribution is 0.470. The van der Waals surface area contributed by atoms with Gasteiger partial charge in [0.25, 0.3) is 0 Å². The number of nitrogens with one attached hydrogen (secondary N) is 2. The number of hydrogen-bond acceptors (Lipinski definition) is 3. The molecule has 1 atom stereocenters. The van der Waals surface area contributed by atoms with Crippen LogP contribution in [-0.4, -0.2) is 17.7 Å². The third kappa shape index (κ3) is 1.79. The van der Waals surface area contributed by atoms with Gasteiger partial charge in [-0.15, -0.1) is 0 Å². The zero-order chi connectivity index (χ0) is 10.3. The number of phenolic OH excluding ortho intramolecular Hbond substituents is 1. The Hall–Kier alpha value is -1.22. The van der Waals surface area contributed by atoms with Gasteiger partial charge in [-0.3, -0.25) is 0 Å². The van der Waals surface area contributed by atoms with E-state index in [9.17, 15) is 5.11 Å². The van der Waals surface area contributed by atoms with E-state index in [0.717, 1.165) is 24.7 Å². The highest BCUT2D eigenvalue weighted by Gasteiger charge is 2.27. The highest BCUT2D eigenvalue weighted by atomic mass is 16.3. The van der Waals surface area contributed by atoms with Crippen molar-refractivity contribution in [3.8, 4) is 5.75 Å². The zero-order valence-corrected chi connectivity index (χ0v) is 8.66. The van der Waals surface area contributed by atoms with Crippen molar-refractivity contribution in [2.45, 2.75) is 31.3 Å². The van der Waals surface area contributed by atoms with Crippen LogP contribution in [0.5, 0.6) is 5.75 Å². The van der Waals surface area contributed by atoms with Crippen molar-refractivity contribution in [1.29, 1.82) is 0 Å². The summed E-state index contributed by atoms with van der Waals surface area (Å²) < 4.78 is 0. The van der Waals surface area contributed by atoms with E-state index in [4.69, 9.17) is 0 Å². The van der Waals surface area contributed by atoms with Crippen LogP contribution in [0.15, 0.2) is 18.2 Å². The van der Waals surface area contributed by atoms with E-state index in [2.05, 4.69) is 10.6 Å². The van der Waals surface area contributed by atoms with Gasteiger partial charge in [-0.1, -0.05) is 6.07 Å². The smallest absolute Gasteiger partial charge is 0.117 e. The first-order chi connectivity index (χ1) is 7.33. The molecule has 15 heavy (non-hydrogen) atoms. The monoisotopic (exact) mass is 204 g/mol. The van der Waals surface area contributed by atoms with Gasteiger partial charge in [-0.05, 0) is 30.9 Å². The SMILES string of the molecule is Oc1ccc2c(c1)NCCC2NC1CC1. The molecular formula is C12H16N2O. The molecule has 0 saturated heterocycles. The molecule has 1 aromatic carbocycles. The molecule has 0 bridgehead atoms. The highest BCUT2D eigenvalue weighted by Crippen LogP contribution is 2.34. The maximum absolute atomic E-state index is 9.41. The van der Waals surface area contributed by atoms with Gasteiger partial charge in [0.2, 0.25) is 0 Å². The lowest BCUT2D eigenvalue weighted by Crippen LogP contribution is -2.29. The molecule has 1 saturated carbocycles. The number of hydrogen-bond donors (Lipinski definition) is 3. The van der Waals surface area contributed by atoms with Crippen LogP contribution < -0.4 is 10.6 Å². The number of rotatable bonds is 2. The normalized spacial score (nSPS) is 24.4. The van der Waals surface area contributed by atoms with E-state index in [1.165, 1.54) is 18.4 Å². The molecular weight excluding hydrogens is 188 g/mol. The minimum absolute atomic E-state index is 0.341. The Labute approximate surface area is 89.5 Å². The molecule has 1 aliphatic heterocycles. The van der Waals surface area contributed by atoms with Crippen molar-refractivity contribution >= 4 is 5.69 Å². The van der Waals surface area contributed by atoms with Gasteiger partial charge in [0.05, 0.1) is 0 Å². The molecule has 0 spiro atoms. The molecule has 1 heterocycles. The first-order valence-electron chi connectivity index (χ1n) is 5.66. The van der Waals surface area contributed by atoms with E-state index in [-0.39, 0.29) is 0 Å². The van der Waals surface area contributed by atoms with E-state index in [1.807, 2.05) is 12.1 Å². The molecule has 3 N–H and O–H groups in total. The predicted molar refractivity (Wildman–Crippen MR) is 60.1 cm³/mol. The van der Waals surface area contributed by atoms with Crippen molar-refractivity contribution in [3.05, 3.63) is 23.8 Å². The van der Waals surface area contributed by atoms with Crippen LogP contribution in [0.3, 0.4) is 0 Å². The fourth-order valence-electron chi connectivity index (χ4n) is 2.22. The van der Waals surface area contributed by atoms with Crippen LogP contribution >= 0.6 is 0 Å². The van der Waals surface area contributed by atoms with Gasteiger partial charge >= 0.3 is 0 Å². The summed E-state index contributed by atoms with van der Waals surface area (Å²) in [6.07, 6.45) is 3.77. The molecule has 1 aromatic rings. The number of benzene rings is 1. The Morgan fingerprint density at radius 2 is 2.13 bits per heavy atom. The van der Waals surface area contributed by atoms with Crippen LogP contribution in [0.1, 0.15) is 30.9 Å². The molecule has 0 radical (unpaired) electrons. The van der Waals surface area contributed by atoms with Crippen LogP contribution in [0.4, 0.5) is 5.69 Å². The van der Waals surface area contributed by atoms with Crippen molar-refractivity contribution in [1.82, 2.24) is 5.32 Å². The average molecular weight is 204 g/mol. The van der Waals surface area contributed by atoms with Crippen molar-refractivity contribution in [2.24, 2.45) is 0 Å². The molecule has 80 valence electrons. The highest BCUT2D eigenvalue weighted by molar-refractivity contribution is 5.57. The summed E-state index contributed by atoms with van der Waals surface area (Å²) in [5.41, 5.74) is 2.38. The van der Waals surface area contributed by atoms with Gasteiger partial charge in [0.15, 0.2) is 0 Å². The molecule has 3 nitrogen and oxygen atoms in total. The molecule has 1 unspecified atom stereocenters. The van der Waals surface area contributed by atoms with Crippen LogP contribution in [0.25, 0.3) is 0 Å². The molecule has 3 heteroatoms. The van der Waals surface area contributed by atoms with Crippen LogP contribution in [0.2, 0.25) is 0 Å². The molecule has 0 aromatic heterocycles. The minimum atomic E-state index is 0.341. The Morgan fingerprint density at radius 3 is 2.93 bits per heavy atom. The van der Waals surface area contributed by atoms with Crippen molar-refractivity contribution in [3.63, 3.8) is 0 Å². The lowest BCUT2D eigenvalue weighted by Gasteiger charge is -2.27. The predicted octanol–water partition coefficient (Wildman–Crippen LogP) is 2.00. The number of phenols is 1. The second kappa shape index (κ2) is 3.42. The average Bonchev–Trinajstić information content (AvgIpc) is 3.01. The lowest BCUT2D eigenvalue weighted by atomic mass is 9.97. The summed E-state index contributed by atoms with van der Waals surface area (Å²) in [6.45, 7) is 0.987. The van der Waals surface area contributed by atoms with E-state index >= 15 is 0 Å². The molecule has 3 rings (SSSR count). The fourth-order valence-corrected chi connectivity index (χ4v) is 2.22. The second-order valence-corrected chi connectivity index (χ2v) is 4.48. The van der Waals surface area contributed by atoms with Gasteiger partial charge in [-0.2, -0.15) is 0 Å². The minimum Gasteiger partial charge on any atom is -0.508 e. The standard InChI is InChI=1S/C12H16N2O/c15-9-3-4-10-11(14-8-1-2-8)5-6-13-12(10)7-9/h3-4,7-8,11,13-15H,1-2,5-6H2. The molecule has 1 fully saturated rings. The number of anilines is 1. The van der Waals surface area contributed by atoms with Crippen LogP contribution in [0, 0.1) is 0 Å². The first kappa shape index (κ1) is 9.04. The third-order valence-corrected chi connectivity index (χ3v) is 3.17. The summed E-state index contributed by atoms with van der Waals surface area (Å²) in [4.78, 5) is 0. The molecule has 0 amide bonds. The summed E-state index contributed by atoms with van der Waals surface area (Å²) >= 11 is 0. The Balaban J connectivity index is 1.87. The van der Waals surface area contributed by atoms with Gasteiger partial charge in [-0.25, -0.2) is 0 Å². The van der Waals surface area contributed by atoms with E-state index < -0.39 is 0 Å². The van der Waals surface area contributed by atoms with E-state index in [1.54, 1.807) is 6.07 Å². The van der Waals surface area contributed by atoms with Gasteiger partial charge in [0, 0.05) is 30.4 Å². The first-order valence-corrected chi connectivity index (χ1v) is 5.66. The number of fused-ring (bicyclic) bond motifs is 1. The molecule has 2 aliphatic rings. The van der Waals surface area contributed by atoms with Gasteiger partial charge in [0.1, 0.15) is 5.75 Å². The summed E-state index contributed by atoms with van der Waals surface area (Å²) in [5, 5.41) is 16.4. The van der Waals surface area contributed by atoms with Crippen LogP contribution in [-0.2, 0) is 0 Å². The van der Waals surface area contributed by atoms with Crippen molar-refractivity contribution < 1.29 is 5.11 Å². The van der Waals surface area contributed by atoms with Gasteiger partial charge < -0.3 is 15.7 Å². The Bertz CT molecular complexity index is 374. The largest absolute Gasteiger partial charge is 0.508 e. The van der Waals surface area contributed by atoms with Crippen molar-refractivity contribution in [2.75, 3.05) is 11.9 Å².